The minimum atomic E-state index is 0.502. The number of rotatable bonds is 6. The summed E-state index contributed by atoms with van der Waals surface area (Å²) in [4.78, 5) is 8.66. The minimum Gasteiger partial charge on any atom is -0.355 e. The Bertz CT molecular complexity index is 1140. The molecule has 0 amide bonds. The molecule has 0 aliphatic carbocycles. The molecule has 0 spiro atoms. The number of hydrogen-bond acceptors (Lipinski definition) is 6. The first-order valence-electron chi connectivity index (χ1n) is 9.35. The van der Waals surface area contributed by atoms with Crippen molar-refractivity contribution < 1.29 is 0 Å². The van der Waals surface area contributed by atoms with Crippen molar-refractivity contribution in [3.63, 3.8) is 0 Å². The summed E-state index contributed by atoms with van der Waals surface area (Å²) in [5.41, 5.74) is 3.84. The summed E-state index contributed by atoms with van der Waals surface area (Å²) in [6, 6.07) is 24.9. The summed E-state index contributed by atoms with van der Waals surface area (Å²) in [5.74, 6) is 1.35. The van der Waals surface area contributed by atoms with Crippen LogP contribution in [0.25, 0.3) is 0 Å². The number of aromatic nitrogens is 1. The van der Waals surface area contributed by atoms with Gasteiger partial charge in [-0.25, -0.2) is 4.98 Å². The van der Waals surface area contributed by atoms with Crippen molar-refractivity contribution in [1.82, 2.24) is 4.98 Å². The highest BCUT2D eigenvalue weighted by Crippen LogP contribution is 2.23. The van der Waals surface area contributed by atoms with Gasteiger partial charge in [0.1, 0.15) is 17.7 Å². The number of nitriles is 3. The Hall–Kier alpha value is -4.34. The van der Waals surface area contributed by atoms with Gasteiger partial charge in [-0.05, 0) is 47.5 Å². The van der Waals surface area contributed by atoms with E-state index in [0.29, 0.717) is 35.6 Å². The molecular weight excluding hydrogens is 372 g/mol. The Morgan fingerprint density at radius 3 is 1.63 bits per heavy atom. The largest absolute Gasteiger partial charge is 0.355 e. The molecule has 30 heavy (non-hydrogen) atoms. The maximum Gasteiger partial charge on any atom is 0.149 e. The quantitative estimate of drug-likeness (QED) is 0.630. The van der Waals surface area contributed by atoms with Gasteiger partial charge in [0.2, 0.25) is 0 Å². The van der Waals surface area contributed by atoms with Crippen LogP contribution in [0.2, 0.25) is 0 Å². The first-order valence-corrected chi connectivity index (χ1v) is 9.35. The van der Waals surface area contributed by atoms with Crippen molar-refractivity contribution in [2.75, 3.05) is 23.9 Å². The molecule has 2 aromatic carbocycles. The molecule has 146 valence electrons. The lowest BCUT2D eigenvalue weighted by molar-refractivity contribution is 0.864. The summed E-state index contributed by atoms with van der Waals surface area (Å²) >= 11 is 0. The molecule has 0 N–H and O–H groups in total. The van der Waals surface area contributed by atoms with Crippen LogP contribution in [-0.2, 0) is 13.1 Å². The van der Waals surface area contributed by atoms with Gasteiger partial charge in [-0.1, -0.05) is 24.3 Å². The molecule has 3 aromatic rings. The molecular formula is C24H20N6. The van der Waals surface area contributed by atoms with Crippen LogP contribution in [0.3, 0.4) is 0 Å². The van der Waals surface area contributed by atoms with E-state index < -0.39 is 0 Å². The molecule has 0 fully saturated rings. The first kappa shape index (κ1) is 20.4. The van der Waals surface area contributed by atoms with Crippen LogP contribution < -0.4 is 9.80 Å². The molecule has 1 aromatic heterocycles. The monoisotopic (exact) mass is 392 g/mol. The van der Waals surface area contributed by atoms with Gasteiger partial charge in [0.15, 0.2) is 0 Å². The van der Waals surface area contributed by atoms with E-state index >= 15 is 0 Å². The zero-order valence-electron chi connectivity index (χ0n) is 16.9. The first-order chi connectivity index (χ1) is 14.5. The van der Waals surface area contributed by atoms with Gasteiger partial charge in [0.25, 0.3) is 0 Å². The third-order valence-electron chi connectivity index (χ3n) is 4.74. The summed E-state index contributed by atoms with van der Waals surface area (Å²) in [6.07, 6.45) is 0. The number of benzene rings is 2. The lowest BCUT2D eigenvalue weighted by Gasteiger charge is -2.23. The van der Waals surface area contributed by atoms with E-state index in [2.05, 4.69) is 18.2 Å². The number of anilines is 2. The summed E-state index contributed by atoms with van der Waals surface area (Å²) < 4.78 is 0. The number of pyridine rings is 1. The van der Waals surface area contributed by atoms with Gasteiger partial charge in [-0.15, -0.1) is 0 Å². The van der Waals surface area contributed by atoms with Crippen LogP contribution in [0, 0.1) is 34.0 Å². The van der Waals surface area contributed by atoms with Crippen molar-refractivity contribution in [2.24, 2.45) is 0 Å². The van der Waals surface area contributed by atoms with Gasteiger partial charge in [-0.2, -0.15) is 15.8 Å². The predicted molar refractivity (Wildman–Crippen MR) is 115 cm³/mol. The number of nitrogens with zero attached hydrogens (tertiary/aromatic N) is 6. The molecule has 0 unspecified atom stereocenters. The molecule has 0 saturated carbocycles. The van der Waals surface area contributed by atoms with Gasteiger partial charge >= 0.3 is 0 Å². The molecule has 0 saturated heterocycles. The highest BCUT2D eigenvalue weighted by atomic mass is 15.2. The third-order valence-corrected chi connectivity index (χ3v) is 4.74. The van der Waals surface area contributed by atoms with Crippen molar-refractivity contribution in [2.45, 2.75) is 13.1 Å². The average molecular weight is 392 g/mol. The van der Waals surface area contributed by atoms with Crippen molar-refractivity contribution in [3.05, 3.63) is 88.5 Å². The number of hydrogen-bond donors (Lipinski definition) is 0. The highest BCUT2D eigenvalue weighted by molar-refractivity contribution is 5.59. The highest BCUT2D eigenvalue weighted by Gasteiger charge is 2.13. The topological polar surface area (TPSA) is 90.7 Å². The SMILES string of the molecule is CN(Cc1ccc(C#N)cc1)c1ccc(C#N)c(N(C)Cc2ccc(C#N)cc2)n1. The summed E-state index contributed by atoms with van der Waals surface area (Å²) in [5, 5.41) is 27.4. The van der Waals surface area contributed by atoms with Crippen LogP contribution in [0.1, 0.15) is 27.8 Å². The molecule has 0 radical (unpaired) electrons. The standard InChI is InChI=1S/C24H20N6/c1-29(16-20-7-3-18(13-25)4-8-20)23-12-11-22(15-27)24(28-23)30(2)17-21-9-5-19(14-26)6-10-21/h3-12H,16-17H2,1-2H3. The molecule has 0 aliphatic heterocycles. The second kappa shape index (κ2) is 9.24. The van der Waals surface area contributed by atoms with E-state index in [-0.39, 0.29) is 0 Å². The molecule has 1 heterocycles. The van der Waals surface area contributed by atoms with Crippen LogP contribution in [0.15, 0.2) is 60.7 Å². The zero-order chi connectivity index (χ0) is 21.5. The van der Waals surface area contributed by atoms with Gasteiger partial charge in [-0.3, -0.25) is 0 Å². The fourth-order valence-electron chi connectivity index (χ4n) is 3.10. The smallest absolute Gasteiger partial charge is 0.149 e. The molecule has 0 bridgehead atoms. The average Bonchev–Trinajstić information content (AvgIpc) is 2.79. The molecule has 3 rings (SSSR count). The molecule has 0 aliphatic rings. The maximum absolute atomic E-state index is 9.52. The molecule has 6 heteroatoms. The van der Waals surface area contributed by atoms with Crippen molar-refractivity contribution in [1.29, 1.82) is 15.8 Å². The Kier molecular flexibility index (Phi) is 6.28. The Morgan fingerprint density at radius 2 is 1.17 bits per heavy atom. The van der Waals surface area contributed by atoms with E-state index in [1.807, 2.05) is 54.2 Å². The minimum absolute atomic E-state index is 0.502. The van der Waals surface area contributed by atoms with Gasteiger partial charge in [0, 0.05) is 27.2 Å². The van der Waals surface area contributed by atoms with E-state index in [0.717, 1.165) is 16.9 Å². The fraction of sp³-hybridized carbons (Fsp3) is 0.167. The summed E-state index contributed by atoms with van der Waals surface area (Å²) in [7, 11) is 3.84. The molecule has 6 nitrogen and oxygen atoms in total. The van der Waals surface area contributed by atoms with Crippen molar-refractivity contribution >= 4 is 11.6 Å². The third kappa shape index (κ3) is 4.73. The zero-order valence-corrected chi connectivity index (χ0v) is 16.9. The van der Waals surface area contributed by atoms with Gasteiger partial charge < -0.3 is 9.80 Å². The second-order valence-electron chi connectivity index (χ2n) is 6.98. The van der Waals surface area contributed by atoms with E-state index in [9.17, 15) is 5.26 Å². The Balaban J connectivity index is 1.80. The summed E-state index contributed by atoms with van der Waals surface area (Å²) in [6.45, 7) is 1.19. The van der Waals surface area contributed by atoms with Crippen LogP contribution in [0.4, 0.5) is 11.6 Å². The van der Waals surface area contributed by atoms with E-state index in [1.54, 1.807) is 30.3 Å². The van der Waals surface area contributed by atoms with Crippen LogP contribution in [0.5, 0.6) is 0 Å². The van der Waals surface area contributed by atoms with E-state index in [4.69, 9.17) is 15.5 Å². The Labute approximate surface area is 176 Å². The molecule has 0 atom stereocenters. The van der Waals surface area contributed by atoms with Gasteiger partial charge in [0.05, 0.1) is 28.8 Å². The van der Waals surface area contributed by atoms with Crippen LogP contribution in [-0.4, -0.2) is 19.1 Å². The van der Waals surface area contributed by atoms with E-state index in [1.165, 1.54) is 0 Å². The fourth-order valence-corrected chi connectivity index (χ4v) is 3.10. The Morgan fingerprint density at radius 1 is 0.667 bits per heavy atom. The lowest BCUT2D eigenvalue weighted by Crippen LogP contribution is -2.22. The van der Waals surface area contributed by atoms with Crippen molar-refractivity contribution in [3.8, 4) is 18.2 Å². The lowest BCUT2D eigenvalue weighted by atomic mass is 10.1. The predicted octanol–water partition coefficient (Wildman–Crippen LogP) is 3.97. The normalized spacial score (nSPS) is 9.83. The van der Waals surface area contributed by atoms with Crippen LogP contribution >= 0.6 is 0 Å². The maximum atomic E-state index is 9.52. The second-order valence-corrected chi connectivity index (χ2v) is 6.98.